The topological polar surface area (TPSA) is 100 Å². The molecule has 0 bridgehead atoms. The fourth-order valence-corrected chi connectivity index (χ4v) is 2.08. The van der Waals surface area contributed by atoms with Gasteiger partial charge in [0, 0.05) is 40.6 Å². The standard InChI is InChI=1S/C12H26O.C8H18O.C3H8O2.C2H6O2.C2H6OS/c1-3-5-7-9-11-13-12-10-8-6-4-2;1-3-5-7-9-8-6-4-2;1-4-3-5-2;3-1-2-4;1-4(2)3/h3-12H2,1-2H3;3-8H2,1-2H3;3H2,1-2H3;3-4H,1-2H2;1-2H3. The molecule has 0 saturated heterocycles. The van der Waals surface area contributed by atoms with Gasteiger partial charge in [-0.1, -0.05) is 90.2 Å². The molecule has 0 rings (SSSR count). The van der Waals surface area contributed by atoms with Gasteiger partial charge in [-0.3, -0.25) is 0 Å². The van der Waals surface area contributed by atoms with Crippen LogP contribution in [-0.2, 0) is 30.1 Å². The van der Waals surface area contributed by atoms with Gasteiger partial charge in [0.2, 0.25) is 0 Å². The predicted molar refractivity (Wildman–Crippen MR) is 153 cm³/mol. The van der Waals surface area contributed by atoms with Gasteiger partial charge in [0.1, 0.15) is 6.79 Å². The Morgan fingerprint density at radius 1 is 0.543 bits per heavy atom. The first-order chi connectivity index (χ1) is 16.9. The molecule has 0 aliphatic heterocycles. The summed E-state index contributed by atoms with van der Waals surface area (Å²) in [5.41, 5.74) is 0. The van der Waals surface area contributed by atoms with Gasteiger partial charge in [0.05, 0.1) is 25.7 Å². The van der Waals surface area contributed by atoms with E-state index in [0.29, 0.717) is 6.79 Å². The molecule has 0 aromatic heterocycles. The second-order valence-corrected chi connectivity index (χ2v) is 9.42. The Hall–Kier alpha value is 0.0700. The van der Waals surface area contributed by atoms with Crippen molar-refractivity contribution in [1.29, 1.82) is 0 Å². The molecular formula is C27H64O7S. The number of hydrogen-bond donors (Lipinski definition) is 2. The molecule has 0 spiro atoms. The summed E-state index contributed by atoms with van der Waals surface area (Å²) in [6, 6.07) is 0. The number of ether oxygens (including phenoxy) is 4. The highest BCUT2D eigenvalue weighted by Gasteiger charge is 1.90. The van der Waals surface area contributed by atoms with Gasteiger partial charge in [-0.2, -0.15) is 0 Å². The van der Waals surface area contributed by atoms with Gasteiger partial charge < -0.3 is 33.7 Å². The van der Waals surface area contributed by atoms with Crippen molar-refractivity contribution in [2.75, 3.05) is 73.2 Å². The molecule has 220 valence electrons. The van der Waals surface area contributed by atoms with Crippen molar-refractivity contribution in [2.45, 2.75) is 105 Å². The third kappa shape index (κ3) is 96.4. The lowest BCUT2D eigenvalue weighted by molar-refractivity contribution is -0.00272. The van der Waals surface area contributed by atoms with E-state index in [9.17, 15) is 4.55 Å². The molecule has 0 saturated carbocycles. The van der Waals surface area contributed by atoms with Crippen LogP contribution in [0.15, 0.2) is 0 Å². The Morgan fingerprint density at radius 3 is 1.03 bits per heavy atom. The SMILES string of the molecule is CCCCCCOCCCCCC.CCCCOCCCC.COCOC.C[S+](C)[O-].OCCO. The first-order valence-corrected chi connectivity index (χ1v) is 15.5. The summed E-state index contributed by atoms with van der Waals surface area (Å²) in [7, 11) is 3.17. The molecule has 0 radical (unpaired) electrons. The minimum absolute atomic E-state index is 0.125. The summed E-state index contributed by atoms with van der Waals surface area (Å²) in [4.78, 5) is 0. The van der Waals surface area contributed by atoms with Gasteiger partial charge in [-0.15, -0.1) is 0 Å². The van der Waals surface area contributed by atoms with Crippen LogP contribution >= 0.6 is 0 Å². The summed E-state index contributed by atoms with van der Waals surface area (Å²) in [5, 5.41) is 15.2. The molecule has 8 heteroatoms. The lowest BCUT2D eigenvalue weighted by atomic mass is 10.2. The van der Waals surface area contributed by atoms with Gasteiger partial charge in [-0.25, -0.2) is 0 Å². The molecule has 0 aromatic rings. The van der Waals surface area contributed by atoms with Crippen LogP contribution in [0.5, 0.6) is 0 Å². The van der Waals surface area contributed by atoms with Crippen LogP contribution in [0, 0.1) is 0 Å². The minimum atomic E-state index is -0.611. The summed E-state index contributed by atoms with van der Waals surface area (Å²) >= 11 is -0.611. The molecule has 0 aliphatic rings. The first-order valence-electron chi connectivity index (χ1n) is 13.5. The normalized spacial score (nSPS) is 9.60. The van der Waals surface area contributed by atoms with E-state index in [0.717, 1.165) is 26.4 Å². The van der Waals surface area contributed by atoms with E-state index in [-0.39, 0.29) is 13.2 Å². The van der Waals surface area contributed by atoms with E-state index < -0.39 is 11.2 Å². The maximum absolute atomic E-state index is 9.56. The highest BCUT2D eigenvalue weighted by molar-refractivity contribution is 7.89. The number of unbranched alkanes of at least 4 members (excludes halogenated alkanes) is 8. The summed E-state index contributed by atoms with van der Waals surface area (Å²) in [6.07, 6.45) is 18.7. The summed E-state index contributed by atoms with van der Waals surface area (Å²) in [6.45, 7) is 12.9. The molecular weight excluding hydrogens is 468 g/mol. The highest BCUT2D eigenvalue weighted by atomic mass is 32.2. The lowest BCUT2D eigenvalue weighted by Gasteiger charge is -2.03. The van der Waals surface area contributed by atoms with E-state index in [1.165, 1.54) is 77.0 Å². The number of hydrogen-bond acceptors (Lipinski definition) is 7. The number of aliphatic hydroxyl groups excluding tert-OH is 2. The quantitative estimate of drug-likeness (QED) is 0.120. The molecule has 0 fully saturated rings. The van der Waals surface area contributed by atoms with Crippen molar-refractivity contribution < 1.29 is 33.7 Å². The molecule has 0 heterocycles. The van der Waals surface area contributed by atoms with E-state index in [1.54, 1.807) is 26.7 Å². The van der Waals surface area contributed by atoms with E-state index in [1.807, 2.05) is 0 Å². The van der Waals surface area contributed by atoms with E-state index in [2.05, 4.69) is 37.2 Å². The Balaban J connectivity index is -0.000000118. The zero-order valence-corrected chi connectivity index (χ0v) is 25.6. The number of aliphatic hydroxyl groups is 2. The minimum Gasteiger partial charge on any atom is -0.617 e. The average Bonchev–Trinajstić information content (AvgIpc) is 2.84. The Labute approximate surface area is 222 Å². The second-order valence-electron chi connectivity index (χ2n) is 7.94. The number of rotatable bonds is 19. The second kappa shape index (κ2) is 54.8. The van der Waals surface area contributed by atoms with Gasteiger partial charge in [-0.05, 0) is 25.7 Å². The Kier molecular flexibility index (Phi) is 70.5. The third-order valence-electron chi connectivity index (χ3n) is 3.90. The zero-order chi connectivity index (χ0) is 27.8. The first kappa shape index (κ1) is 45.0. The smallest absolute Gasteiger partial charge is 0.145 e. The fraction of sp³-hybridized carbons (Fsp3) is 1.00. The van der Waals surface area contributed by atoms with Crippen LogP contribution in [0.2, 0.25) is 0 Å². The van der Waals surface area contributed by atoms with Gasteiger partial charge >= 0.3 is 0 Å². The van der Waals surface area contributed by atoms with Gasteiger partial charge in [0.25, 0.3) is 0 Å². The van der Waals surface area contributed by atoms with Crippen LogP contribution < -0.4 is 0 Å². The largest absolute Gasteiger partial charge is 0.617 e. The monoisotopic (exact) mass is 532 g/mol. The Morgan fingerprint density at radius 2 is 0.829 bits per heavy atom. The van der Waals surface area contributed by atoms with E-state index >= 15 is 0 Å². The van der Waals surface area contributed by atoms with E-state index in [4.69, 9.17) is 19.7 Å². The van der Waals surface area contributed by atoms with Crippen molar-refractivity contribution in [3.8, 4) is 0 Å². The molecule has 0 unspecified atom stereocenters. The highest BCUT2D eigenvalue weighted by Crippen LogP contribution is 2.01. The van der Waals surface area contributed by atoms with Crippen LogP contribution in [0.4, 0.5) is 0 Å². The van der Waals surface area contributed by atoms with Crippen molar-refractivity contribution in [1.82, 2.24) is 0 Å². The lowest BCUT2D eigenvalue weighted by Crippen LogP contribution is -1.96. The molecule has 2 N–H and O–H groups in total. The molecule has 35 heavy (non-hydrogen) atoms. The van der Waals surface area contributed by atoms with Crippen molar-refractivity contribution in [3.63, 3.8) is 0 Å². The maximum Gasteiger partial charge on any atom is 0.145 e. The molecule has 0 aliphatic carbocycles. The van der Waals surface area contributed by atoms with Crippen molar-refractivity contribution in [3.05, 3.63) is 0 Å². The van der Waals surface area contributed by atoms with Crippen molar-refractivity contribution >= 4 is 11.2 Å². The fourth-order valence-electron chi connectivity index (χ4n) is 2.08. The number of methoxy groups -OCH3 is 2. The molecule has 0 amide bonds. The molecule has 0 aromatic carbocycles. The van der Waals surface area contributed by atoms with Crippen LogP contribution in [-0.4, -0.2) is 87.9 Å². The maximum atomic E-state index is 9.56. The zero-order valence-electron chi connectivity index (χ0n) is 24.8. The summed E-state index contributed by atoms with van der Waals surface area (Å²) in [5.74, 6) is 0. The van der Waals surface area contributed by atoms with Gasteiger partial charge in [0.15, 0.2) is 0 Å². The Bertz CT molecular complexity index is 251. The third-order valence-corrected chi connectivity index (χ3v) is 3.90. The molecule has 7 nitrogen and oxygen atoms in total. The van der Waals surface area contributed by atoms with Crippen molar-refractivity contribution in [2.24, 2.45) is 0 Å². The van der Waals surface area contributed by atoms with Crippen LogP contribution in [0.25, 0.3) is 0 Å². The van der Waals surface area contributed by atoms with Crippen LogP contribution in [0.3, 0.4) is 0 Å². The molecule has 0 atom stereocenters. The van der Waals surface area contributed by atoms with Crippen LogP contribution in [0.1, 0.15) is 105 Å². The summed E-state index contributed by atoms with van der Waals surface area (Å²) < 4.78 is 29.3. The predicted octanol–water partition coefficient (Wildman–Crippen LogP) is 5.97. The average molecular weight is 533 g/mol.